The summed E-state index contributed by atoms with van der Waals surface area (Å²) in [6, 6.07) is 10.6. The first-order valence-electron chi connectivity index (χ1n) is 9.62. The molecule has 0 radical (unpaired) electrons. The van der Waals surface area contributed by atoms with Crippen LogP contribution < -0.4 is 5.32 Å². The van der Waals surface area contributed by atoms with E-state index in [0.717, 1.165) is 18.9 Å². The molecular weight excluding hydrogens is 298 g/mol. The van der Waals surface area contributed by atoms with Crippen LogP contribution in [0, 0.1) is 11.8 Å². The second-order valence-corrected chi connectivity index (χ2v) is 7.57. The third kappa shape index (κ3) is 7.48. The highest BCUT2D eigenvalue weighted by Crippen LogP contribution is 2.28. The molecule has 0 aromatic heterocycles. The first-order valence-corrected chi connectivity index (χ1v) is 9.62. The van der Waals surface area contributed by atoms with Gasteiger partial charge in [0.15, 0.2) is 0 Å². The molecule has 0 bridgehead atoms. The van der Waals surface area contributed by atoms with Crippen LogP contribution in [0.5, 0.6) is 0 Å². The molecular formula is C21H33NO2. The Kier molecular flexibility index (Phi) is 8.31. The van der Waals surface area contributed by atoms with Gasteiger partial charge in [-0.3, -0.25) is 4.79 Å². The Balaban J connectivity index is 1.78. The van der Waals surface area contributed by atoms with E-state index in [1.165, 1.54) is 44.1 Å². The predicted molar refractivity (Wildman–Crippen MR) is 99.2 cm³/mol. The van der Waals surface area contributed by atoms with Crippen molar-refractivity contribution >= 4 is 5.97 Å². The minimum absolute atomic E-state index is 0.238. The van der Waals surface area contributed by atoms with Crippen molar-refractivity contribution in [2.24, 2.45) is 11.8 Å². The molecule has 0 aliphatic heterocycles. The third-order valence-corrected chi connectivity index (χ3v) is 5.25. The number of rotatable bonds is 10. The number of hydrogen-bond donors (Lipinski definition) is 2. The average Bonchev–Trinajstić information content (AvgIpc) is 2.59. The molecule has 3 nitrogen and oxygen atoms in total. The maximum Gasteiger partial charge on any atom is 0.303 e. The van der Waals surface area contributed by atoms with Gasteiger partial charge in [0.2, 0.25) is 0 Å². The van der Waals surface area contributed by atoms with Crippen molar-refractivity contribution in [2.45, 2.75) is 70.8 Å². The van der Waals surface area contributed by atoms with Crippen LogP contribution in [0.1, 0.15) is 63.9 Å². The molecule has 1 aromatic rings. The molecule has 1 aromatic carbocycles. The molecule has 2 atom stereocenters. The SMILES string of the molecule is CC(CNC(CCC(=O)O)Cc1ccccc1)CC1CCCCC1. The van der Waals surface area contributed by atoms with Crippen molar-refractivity contribution in [1.29, 1.82) is 0 Å². The largest absolute Gasteiger partial charge is 0.481 e. The van der Waals surface area contributed by atoms with Crippen molar-refractivity contribution in [1.82, 2.24) is 5.32 Å². The normalized spacial score (nSPS) is 18.2. The van der Waals surface area contributed by atoms with Crippen LogP contribution in [0.2, 0.25) is 0 Å². The molecule has 2 unspecified atom stereocenters. The van der Waals surface area contributed by atoms with Crippen LogP contribution in [0.4, 0.5) is 0 Å². The third-order valence-electron chi connectivity index (χ3n) is 5.25. The highest BCUT2D eigenvalue weighted by Gasteiger charge is 2.18. The summed E-state index contributed by atoms with van der Waals surface area (Å²) in [5.74, 6) is 0.864. The monoisotopic (exact) mass is 331 g/mol. The van der Waals surface area contributed by atoms with Gasteiger partial charge < -0.3 is 10.4 Å². The van der Waals surface area contributed by atoms with Gasteiger partial charge in [0.1, 0.15) is 0 Å². The highest BCUT2D eigenvalue weighted by molar-refractivity contribution is 5.66. The van der Waals surface area contributed by atoms with Crippen molar-refractivity contribution in [2.75, 3.05) is 6.54 Å². The minimum atomic E-state index is -0.704. The van der Waals surface area contributed by atoms with Gasteiger partial charge in [0.05, 0.1) is 0 Å². The molecule has 0 heterocycles. The van der Waals surface area contributed by atoms with Gasteiger partial charge in [-0.05, 0) is 43.2 Å². The van der Waals surface area contributed by atoms with Gasteiger partial charge >= 0.3 is 5.97 Å². The lowest BCUT2D eigenvalue weighted by Gasteiger charge is -2.26. The molecule has 134 valence electrons. The van der Waals surface area contributed by atoms with Gasteiger partial charge in [-0.15, -0.1) is 0 Å². The molecule has 1 aliphatic carbocycles. The zero-order chi connectivity index (χ0) is 17.2. The zero-order valence-electron chi connectivity index (χ0n) is 15.0. The van der Waals surface area contributed by atoms with Crippen LogP contribution >= 0.6 is 0 Å². The maximum absolute atomic E-state index is 10.9. The summed E-state index contributed by atoms with van der Waals surface area (Å²) in [4.78, 5) is 10.9. The van der Waals surface area contributed by atoms with E-state index in [9.17, 15) is 4.79 Å². The summed E-state index contributed by atoms with van der Waals surface area (Å²) in [5.41, 5.74) is 1.28. The van der Waals surface area contributed by atoms with Crippen LogP contribution in [-0.2, 0) is 11.2 Å². The molecule has 2 rings (SSSR count). The molecule has 0 saturated heterocycles. The molecule has 2 N–H and O–H groups in total. The second-order valence-electron chi connectivity index (χ2n) is 7.57. The van der Waals surface area contributed by atoms with Gasteiger partial charge in [0, 0.05) is 12.5 Å². The summed E-state index contributed by atoms with van der Waals surface area (Å²) >= 11 is 0. The van der Waals surface area contributed by atoms with Crippen molar-refractivity contribution in [3.63, 3.8) is 0 Å². The number of benzene rings is 1. The van der Waals surface area contributed by atoms with E-state index in [-0.39, 0.29) is 12.5 Å². The number of carbonyl (C=O) groups is 1. The Morgan fingerprint density at radius 1 is 1.21 bits per heavy atom. The van der Waals surface area contributed by atoms with E-state index in [4.69, 9.17) is 5.11 Å². The average molecular weight is 332 g/mol. The number of carboxylic acid groups (broad SMARTS) is 1. The fraction of sp³-hybridized carbons (Fsp3) is 0.667. The first-order chi connectivity index (χ1) is 11.6. The Bertz CT molecular complexity index is 468. The summed E-state index contributed by atoms with van der Waals surface area (Å²) < 4.78 is 0. The lowest BCUT2D eigenvalue weighted by Crippen LogP contribution is -2.35. The summed E-state index contributed by atoms with van der Waals surface area (Å²) in [6.07, 6.45) is 10.2. The maximum atomic E-state index is 10.9. The summed E-state index contributed by atoms with van der Waals surface area (Å²) in [7, 11) is 0. The molecule has 0 spiro atoms. The zero-order valence-corrected chi connectivity index (χ0v) is 15.0. The lowest BCUT2D eigenvalue weighted by atomic mass is 9.83. The van der Waals surface area contributed by atoms with E-state index in [0.29, 0.717) is 12.3 Å². The Hall–Kier alpha value is -1.35. The van der Waals surface area contributed by atoms with Crippen molar-refractivity contribution in [3.8, 4) is 0 Å². The molecule has 1 aliphatic rings. The van der Waals surface area contributed by atoms with Gasteiger partial charge in [-0.25, -0.2) is 0 Å². The fourth-order valence-corrected chi connectivity index (χ4v) is 3.92. The topological polar surface area (TPSA) is 49.3 Å². The Labute approximate surface area is 146 Å². The smallest absolute Gasteiger partial charge is 0.303 e. The van der Waals surface area contributed by atoms with E-state index in [2.05, 4.69) is 36.5 Å². The standard InChI is InChI=1S/C21H33NO2/c1-17(14-18-8-4-2-5-9-18)16-22-20(12-13-21(23)24)15-19-10-6-3-7-11-19/h3,6-7,10-11,17-18,20,22H,2,4-5,8-9,12-16H2,1H3,(H,23,24). The fourth-order valence-electron chi connectivity index (χ4n) is 3.92. The molecule has 1 fully saturated rings. The minimum Gasteiger partial charge on any atom is -0.481 e. The van der Waals surface area contributed by atoms with Crippen molar-refractivity contribution in [3.05, 3.63) is 35.9 Å². The van der Waals surface area contributed by atoms with Gasteiger partial charge in [0.25, 0.3) is 0 Å². The van der Waals surface area contributed by atoms with Gasteiger partial charge in [-0.1, -0.05) is 69.4 Å². The lowest BCUT2D eigenvalue weighted by molar-refractivity contribution is -0.137. The first kappa shape index (κ1) is 19.0. The highest BCUT2D eigenvalue weighted by atomic mass is 16.4. The number of carboxylic acids is 1. The molecule has 3 heteroatoms. The van der Waals surface area contributed by atoms with Crippen LogP contribution in [0.15, 0.2) is 30.3 Å². The van der Waals surface area contributed by atoms with Crippen molar-refractivity contribution < 1.29 is 9.90 Å². The van der Waals surface area contributed by atoms with E-state index >= 15 is 0 Å². The Morgan fingerprint density at radius 2 is 1.92 bits per heavy atom. The number of nitrogens with one attached hydrogen (secondary N) is 1. The van der Waals surface area contributed by atoms with E-state index in [1.807, 2.05) is 6.07 Å². The van der Waals surface area contributed by atoms with Crippen LogP contribution in [-0.4, -0.2) is 23.7 Å². The molecule has 1 saturated carbocycles. The Morgan fingerprint density at radius 3 is 2.58 bits per heavy atom. The predicted octanol–water partition coefficient (Wildman–Crippen LogP) is 4.66. The number of aliphatic carboxylic acids is 1. The summed E-state index contributed by atoms with van der Waals surface area (Å²) in [5, 5.41) is 12.6. The van der Waals surface area contributed by atoms with Crippen LogP contribution in [0.25, 0.3) is 0 Å². The molecule has 0 amide bonds. The summed E-state index contributed by atoms with van der Waals surface area (Å²) in [6.45, 7) is 3.33. The second kappa shape index (κ2) is 10.5. The number of hydrogen-bond acceptors (Lipinski definition) is 2. The van der Waals surface area contributed by atoms with Gasteiger partial charge in [-0.2, -0.15) is 0 Å². The van der Waals surface area contributed by atoms with Crippen LogP contribution in [0.3, 0.4) is 0 Å². The van der Waals surface area contributed by atoms with E-state index < -0.39 is 5.97 Å². The quantitative estimate of drug-likeness (QED) is 0.655. The molecule has 24 heavy (non-hydrogen) atoms. The van der Waals surface area contributed by atoms with E-state index in [1.54, 1.807) is 0 Å².